The lowest BCUT2D eigenvalue weighted by Gasteiger charge is -2.07. The summed E-state index contributed by atoms with van der Waals surface area (Å²) in [5.41, 5.74) is 0. The molecule has 0 saturated carbocycles. The smallest absolute Gasteiger partial charge is 0.246 e. The van der Waals surface area contributed by atoms with Gasteiger partial charge in [0.1, 0.15) is 6.61 Å². The lowest BCUT2D eigenvalue weighted by Crippen LogP contribution is -2.36. The summed E-state index contributed by atoms with van der Waals surface area (Å²) in [6, 6.07) is 0.111. The van der Waals surface area contributed by atoms with Crippen LogP contribution in [-0.2, 0) is 9.53 Å². The molecule has 1 aliphatic heterocycles. The number of carbonyl (C=O) groups is 1. The van der Waals surface area contributed by atoms with E-state index in [9.17, 15) is 4.79 Å². The number of aliphatic hydroxyl groups excluding tert-OH is 1. The van der Waals surface area contributed by atoms with Crippen LogP contribution in [0.5, 0.6) is 0 Å². The Labute approximate surface area is 59.2 Å². The molecule has 1 heterocycles. The molecule has 1 rings (SSSR count). The van der Waals surface area contributed by atoms with Crippen molar-refractivity contribution in [3.8, 4) is 0 Å². The van der Waals surface area contributed by atoms with Gasteiger partial charge in [-0.1, -0.05) is 0 Å². The van der Waals surface area contributed by atoms with E-state index in [4.69, 9.17) is 9.84 Å². The minimum absolute atomic E-state index is 0.111. The molecule has 0 aromatic rings. The maximum Gasteiger partial charge on any atom is 0.246 e. The van der Waals surface area contributed by atoms with E-state index in [1.54, 1.807) is 0 Å². The normalized spacial score (nSPS) is 24.7. The van der Waals surface area contributed by atoms with Crippen molar-refractivity contribution in [2.75, 3.05) is 19.8 Å². The van der Waals surface area contributed by atoms with Crippen molar-refractivity contribution < 1.29 is 14.6 Å². The lowest BCUT2D eigenvalue weighted by molar-refractivity contribution is -0.124. The van der Waals surface area contributed by atoms with Gasteiger partial charge in [-0.15, -0.1) is 0 Å². The molecule has 1 atom stereocenters. The second-order valence-electron chi connectivity index (χ2n) is 2.29. The molecule has 0 aromatic carbocycles. The number of carbonyl (C=O) groups excluding carboxylic acids is 1. The quantitative estimate of drug-likeness (QED) is 0.517. The maximum atomic E-state index is 10.6. The van der Waals surface area contributed by atoms with Gasteiger partial charge in [-0.25, -0.2) is 0 Å². The second kappa shape index (κ2) is 3.53. The van der Waals surface area contributed by atoms with Gasteiger partial charge in [0.2, 0.25) is 5.91 Å². The van der Waals surface area contributed by atoms with Gasteiger partial charge < -0.3 is 15.2 Å². The number of nitrogens with one attached hydrogen (secondary N) is 1. The third-order valence-corrected chi connectivity index (χ3v) is 1.44. The fourth-order valence-corrected chi connectivity index (χ4v) is 0.922. The van der Waals surface area contributed by atoms with Crippen LogP contribution in [0.15, 0.2) is 0 Å². The van der Waals surface area contributed by atoms with Crippen LogP contribution in [-0.4, -0.2) is 36.9 Å². The lowest BCUT2D eigenvalue weighted by atomic mass is 10.2. The number of ether oxygens (including phenoxy) is 1. The highest BCUT2D eigenvalue weighted by atomic mass is 16.5. The number of amides is 1. The van der Waals surface area contributed by atoms with E-state index < -0.39 is 6.61 Å². The van der Waals surface area contributed by atoms with Gasteiger partial charge in [0.25, 0.3) is 0 Å². The number of hydrogen-bond donors (Lipinski definition) is 2. The molecule has 0 aromatic heterocycles. The molecular formula is C6H11NO3. The number of hydrogen-bond acceptors (Lipinski definition) is 3. The van der Waals surface area contributed by atoms with Crippen LogP contribution in [0.3, 0.4) is 0 Å². The van der Waals surface area contributed by atoms with Crippen LogP contribution in [0.25, 0.3) is 0 Å². The van der Waals surface area contributed by atoms with E-state index in [-0.39, 0.29) is 11.9 Å². The Bertz CT molecular complexity index is 120. The van der Waals surface area contributed by atoms with Gasteiger partial charge in [-0.05, 0) is 6.42 Å². The summed E-state index contributed by atoms with van der Waals surface area (Å²) < 4.78 is 5.01. The zero-order valence-corrected chi connectivity index (χ0v) is 5.67. The molecule has 0 radical (unpaired) electrons. The van der Waals surface area contributed by atoms with E-state index in [0.29, 0.717) is 13.2 Å². The molecular weight excluding hydrogens is 134 g/mol. The van der Waals surface area contributed by atoms with Gasteiger partial charge in [-0.2, -0.15) is 0 Å². The monoisotopic (exact) mass is 145 g/mol. The van der Waals surface area contributed by atoms with Gasteiger partial charge in [0.05, 0.1) is 12.6 Å². The highest BCUT2D eigenvalue weighted by Gasteiger charge is 2.16. The Morgan fingerprint density at radius 2 is 2.60 bits per heavy atom. The summed E-state index contributed by atoms with van der Waals surface area (Å²) in [4.78, 5) is 10.6. The SMILES string of the molecule is O=C(CO)N[C@@H]1CCOC1. The average molecular weight is 145 g/mol. The van der Waals surface area contributed by atoms with Crippen molar-refractivity contribution >= 4 is 5.91 Å². The van der Waals surface area contributed by atoms with Crippen LogP contribution in [0.4, 0.5) is 0 Å². The average Bonchev–Trinajstić information content (AvgIpc) is 2.40. The molecule has 4 heteroatoms. The Morgan fingerprint density at radius 1 is 1.80 bits per heavy atom. The van der Waals surface area contributed by atoms with Crippen LogP contribution < -0.4 is 5.32 Å². The third-order valence-electron chi connectivity index (χ3n) is 1.44. The molecule has 1 fully saturated rings. The van der Waals surface area contributed by atoms with Crippen LogP contribution in [0.2, 0.25) is 0 Å². The summed E-state index contributed by atoms with van der Waals surface area (Å²) in [7, 11) is 0. The fraction of sp³-hybridized carbons (Fsp3) is 0.833. The molecule has 1 amide bonds. The van der Waals surface area contributed by atoms with Gasteiger partial charge in [0.15, 0.2) is 0 Å². The van der Waals surface area contributed by atoms with Crippen molar-refractivity contribution in [1.29, 1.82) is 0 Å². The number of aliphatic hydroxyl groups is 1. The molecule has 0 bridgehead atoms. The first-order chi connectivity index (χ1) is 4.83. The molecule has 1 saturated heterocycles. The maximum absolute atomic E-state index is 10.6. The molecule has 58 valence electrons. The van der Waals surface area contributed by atoms with E-state index in [1.807, 2.05) is 0 Å². The van der Waals surface area contributed by atoms with Crippen molar-refractivity contribution in [3.05, 3.63) is 0 Å². The first kappa shape index (κ1) is 7.50. The Kier molecular flexibility index (Phi) is 2.65. The molecule has 0 unspecified atom stereocenters. The first-order valence-electron chi connectivity index (χ1n) is 3.31. The van der Waals surface area contributed by atoms with Crippen molar-refractivity contribution in [2.45, 2.75) is 12.5 Å². The summed E-state index contributed by atoms with van der Waals surface area (Å²) in [6.07, 6.45) is 0.853. The largest absolute Gasteiger partial charge is 0.387 e. The summed E-state index contributed by atoms with van der Waals surface area (Å²) >= 11 is 0. The van der Waals surface area contributed by atoms with Gasteiger partial charge in [-0.3, -0.25) is 4.79 Å². The Hall–Kier alpha value is -0.610. The van der Waals surface area contributed by atoms with E-state index >= 15 is 0 Å². The Balaban J connectivity index is 2.17. The summed E-state index contributed by atoms with van der Waals surface area (Å²) in [6.45, 7) is 0.846. The van der Waals surface area contributed by atoms with E-state index in [2.05, 4.69) is 5.32 Å². The highest BCUT2D eigenvalue weighted by molar-refractivity contribution is 5.77. The Morgan fingerprint density at radius 3 is 3.10 bits per heavy atom. The van der Waals surface area contributed by atoms with Crippen molar-refractivity contribution in [3.63, 3.8) is 0 Å². The third kappa shape index (κ3) is 1.97. The zero-order valence-electron chi connectivity index (χ0n) is 5.67. The van der Waals surface area contributed by atoms with Crippen LogP contribution in [0, 0.1) is 0 Å². The zero-order chi connectivity index (χ0) is 7.40. The standard InChI is InChI=1S/C6H11NO3/c8-3-6(9)7-5-1-2-10-4-5/h5,8H,1-4H2,(H,7,9)/t5-/m1/s1. The molecule has 2 N–H and O–H groups in total. The molecule has 0 spiro atoms. The first-order valence-corrected chi connectivity index (χ1v) is 3.31. The predicted molar refractivity (Wildman–Crippen MR) is 34.5 cm³/mol. The minimum atomic E-state index is -0.434. The van der Waals surface area contributed by atoms with E-state index in [0.717, 1.165) is 6.42 Å². The predicted octanol–water partition coefficient (Wildman–Crippen LogP) is -1.12. The van der Waals surface area contributed by atoms with Crippen LogP contribution >= 0.6 is 0 Å². The van der Waals surface area contributed by atoms with Crippen LogP contribution in [0.1, 0.15) is 6.42 Å². The topological polar surface area (TPSA) is 58.6 Å². The molecule has 4 nitrogen and oxygen atoms in total. The fourth-order valence-electron chi connectivity index (χ4n) is 0.922. The summed E-state index contributed by atoms with van der Waals surface area (Å²) in [5.74, 6) is -0.324. The molecule has 1 aliphatic rings. The van der Waals surface area contributed by atoms with Gasteiger partial charge >= 0.3 is 0 Å². The van der Waals surface area contributed by atoms with Gasteiger partial charge in [0, 0.05) is 6.61 Å². The second-order valence-corrected chi connectivity index (χ2v) is 2.29. The summed E-state index contributed by atoms with van der Waals surface area (Å²) in [5, 5.41) is 11.0. The highest BCUT2D eigenvalue weighted by Crippen LogP contribution is 2.02. The molecule has 10 heavy (non-hydrogen) atoms. The van der Waals surface area contributed by atoms with Crippen molar-refractivity contribution in [1.82, 2.24) is 5.32 Å². The minimum Gasteiger partial charge on any atom is -0.387 e. The van der Waals surface area contributed by atoms with E-state index in [1.165, 1.54) is 0 Å². The number of rotatable bonds is 2. The van der Waals surface area contributed by atoms with Crippen molar-refractivity contribution in [2.24, 2.45) is 0 Å². The molecule has 0 aliphatic carbocycles.